The van der Waals surface area contributed by atoms with Gasteiger partial charge < -0.3 is 42.2 Å². The molecule has 5 atom stereocenters. The Morgan fingerprint density at radius 2 is 1.52 bits per heavy atom. The van der Waals surface area contributed by atoms with Gasteiger partial charge in [-0.15, -0.1) is 0 Å². The molecule has 15 nitrogen and oxygen atoms in total. The van der Waals surface area contributed by atoms with Gasteiger partial charge in [-0.2, -0.15) is 5.26 Å². The van der Waals surface area contributed by atoms with Gasteiger partial charge in [-0.1, -0.05) is 64.5 Å². The van der Waals surface area contributed by atoms with Crippen LogP contribution in [0.1, 0.15) is 121 Å². The zero-order chi connectivity index (χ0) is 45.6. The molecule has 3 amide bonds. The fraction of sp³-hybridized carbons (Fsp3) is 0.596. The number of likely N-dealkylation sites (N-methyl/N-ethyl adjacent to an activating group) is 1. The molecule has 340 valence electrons. The van der Waals surface area contributed by atoms with E-state index in [0.717, 1.165) is 25.7 Å². The number of ether oxygens (including phenoxy) is 2. The first kappa shape index (κ1) is 51.2. The number of carbonyl (C=O) groups excluding carboxylic acids is 6. The highest BCUT2D eigenvalue weighted by Crippen LogP contribution is 2.41. The number of hydrogen-bond acceptors (Lipinski definition) is 12. The van der Waals surface area contributed by atoms with E-state index in [1.165, 1.54) is 31.2 Å². The van der Waals surface area contributed by atoms with Crippen LogP contribution in [-0.2, 0) is 35.2 Å². The first-order valence-electron chi connectivity index (χ1n) is 22.2. The first-order chi connectivity index (χ1) is 29.8. The highest BCUT2D eigenvalue weighted by molar-refractivity contribution is 5.97. The number of hydrogen-bond donors (Lipinski definition) is 5. The first-order valence-corrected chi connectivity index (χ1v) is 22.2. The van der Waals surface area contributed by atoms with E-state index in [-0.39, 0.29) is 88.8 Å². The van der Waals surface area contributed by atoms with Gasteiger partial charge in [0.05, 0.1) is 18.2 Å². The number of amides is 3. The van der Waals surface area contributed by atoms with Crippen LogP contribution < -0.4 is 37.3 Å². The molecule has 2 aromatic rings. The molecule has 0 radical (unpaired) electrons. The highest BCUT2D eigenvalue weighted by atomic mass is 16.5. The van der Waals surface area contributed by atoms with Crippen molar-refractivity contribution < 1.29 is 38.2 Å². The van der Waals surface area contributed by atoms with E-state index in [9.17, 15) is 34.0 Å². The van der Waals surface area contributed by atoms with E-state index in [2.05, 4.69) is 17.6 Å². The third-order valence-corrected chi connectivity index (χ3v) is 11.2. The lowest BCUT2D eigenvalue weighted by Gasteiger charge is -2.32. The highest BCUT2D eigenvalue weighted by Gasteiger charge is 2.36. The number of fused-ring (bicyclic) bond motifs is 5. The fourth-order valence-corrected chi connectivity index (χ4v) is 7.70. The summed E-state index contributed by atoms with van der Waals surface area (Å²) in [5, 5.41) is 14.8. The summed E-state index contributed by atoms with van der Waals surface area (Å²) in [6.07, 6.45) is 7.34. The summed E-state index contributed by atoms with van der Waals surface area (Å²) >= 11 is 0. The molecular formula is C47H69N7O8. The molecule has 8 N–H and O–H groups in total. The molecule has 1 heterocycles. The minimum absolute atomic E-state index is 0.0311. The maximum absolute atomic E-state index is 14.6. The molecule has 0 fully saturated rings. The quantitative estimate of drug-likeness (QED) is 0.0860. The van der Waals surface area contributed by atoms with Crippen molar-refractivity contribution in [1.82, 2.24) is 15.5 Å². The molecular weight excluding hydrogens is 791 g/mol. The zero-order valence-corrected chi connectivity index (χ0v) is 37.2. The van der Waals surface area contributed by atoms with Crippen molar-refractivity contribution >= 4 is 35.1 Å². The minimum Gasteiger partial charge on any atom is -0.492 e. The molecule has 1 aliphatic heterocycles. The molecule has 3 rings (SSSR count). The molecule has 4 bridgehead atoms. The van der Waals surface area contributed by atoms with Crippen molar-refractivity contribution in [1.29, 1.82) is 5.26 Å². The van der Waals surface area contributed by atoms with Crippen LogP contribution in [0.25, 0.3) is 11.1 Å². The van der Waals surface area contributed by atoms with Crippen LogP contribution in [0.5, 0.6) is 11.5 Å². The number of ketones is 3. The molecule has 0 saturated heterocycles. The molecule has 0 unspecified atom stereocenters. The summed E-state index contributed by atoms with van der Waals surface area (Å²) in [5.74, 6) is -3.40. The Morgan fingerprint density at radius 1 is 0.887 bits per heavy atom. The SMILES string of the molecule is CCCCCCCCCC(=O)N[C@@H](C)C(=O)C[C@@H](CCN)C(=O)N(C)[C@@H]1C(=O)C[C@@H](C)C(=O)N[C@H](C(=O)CCC#N)Cc2ccc(OCCN)c(c2)-c2cc1ccc2OCCN. The number of nitrogens with zero attached hydrogens (tertiary/aromatic N) is 2. The Bertz CT molecular complexity index is 1860. The van der Waals surface area contributed by atoms with Crippen molar-refractivity contribution in [3.05, 3.63) is 47.5 Å². The maximum atomic E-state index is 14.6. The summed E-state index contributed by atoms with van der Waals surface area (Å²) in [5.41, 5.74) is 19.8. The molecule has 0 saturated carbocycles. The third-order valence-electron chi connectivity index (χ3n) is 11.2. The van der Waals surface area contributed by atoms with Crippen molar-refractivity contribution in [2.75, 3.05) is 39.9 Å². The zero-order valence-electron chi connectivity index (χ0n) is 37.2. The summed E-state index contributed by atoms with van der Waals surface area (Å²) in [6.45, 7) is 6.20. The van der Waals surface area contributed by atoms with Gasteiger partial charge in [-0.05, 0) is 68.1 Å². The van der Waals surface area contributed by atoms with Crippen molar-refractivity contribution in [3.63, 3.8) is 0 Å². The van der Waals surface area contributed by atoms with E-state index in [1.807, 2.05) is 12.1 Å². The smallest absolute Gasteiger partial charge is 0.226 e. The molecule has 15 heteroatoms. The molecule has 0 aromatic heterocycles. The number of nitrogens with one attached hydrogen (secondary N) is 2. The van der Waals surface area contributed by atoms with Gasteiger partial charge in [0.15, 0.2) is 17.3 Å². The van der Waals surface area contributed by atoms with Crippen LogP contribution >= 0.6 is 0 Å². The van der Waals surface area contributed by atoms with E-state index in [0.29, 0.717) is 40.2 Å². The number of carbonyl (C=O) groups is 6. The number of benzene rings is 2. The number of rotatable bonds is 25. The van der Waals surface area contributed by atoms with Crippen LogP contribution in [0.3, 0.4) is 0 Å². The minimum atomic E-state index is -1.23. The van der Waals surface area contributed by atoms with E-state index < -0.39 is 47.6 Å². The number of unbranched alkanes of at least 4 members (excludes halogenated alkanes) is 6. The second-order valence-electron chi connectivity index (χ2n) is 16.3. The fourth-order valence-electron chi connectivity index (χ4n) is 7.70. The lowest BCUT2D eigenvalue weighted by atomic mass is 9.88. The average Bonchev–Trinajstić information content (AvgIpc) is 3.25. The largest absolute Gasteiger partial charge is 0.492 e. The predicted molar refractivity (Wildman–Crippen MR) is 238 cm³/mol. The van der Waals surface area contributed by atoms with Crippen molar-refractivity contribution in [3.8, 4) is 28.7 Å². The van der Waals surface area contributed by atoms with Crippen LogP contribution in [0.4, 0.5) is 0 Å². The summed E-state index contributed by atoms with van der Waals surface area (Å²) in [4.78, 5) is 83.9. The van der Waals surface area contributed by atoms with Crippen molar-refractivity contribution in [2.24, 2.45) is 29.0 Å². The van der Waals surface area contributed by atoms with Gasteiger partial charge in [0.25, 0.3) is 0 Å². The standard InChI is InChI=1S/C47H69N7O8/c1-5-6-7-8-9-10-11-14-44(58)52-32(3)40(56)30-35(19-21-49)47(60)54(4)45-34-16-18-43(62-25-23-51)37(29-34)36-27-33(15-17-42(36)61-24-22-50)28-38(39(55)13-12-20-48)53-46(59)31(2)26-41(45)57/h15-18,27,29,31-32,35,38,45H,5-14,19,21-26,28,30,49-51H2,1-4H3,(H,52,58)(H,53,59)/t31-,32+,35-,38+,45+/m1/s1. The van der Waals surface area contributed by atoms with Gasteiger partial charge in [0, 0.05) is 75.2 Å². The molecule has 2 aromatic carbocycles. The number of nitrogens with two attached hydrogens (primary N) is 3. The lowest BCUT2D eigenvalue weighted by Crippen LogP contribution is -2.46. The third kappa shape index (κ3) is 15.6. The summed E-state index contributed by atoms with van der Waals surface area (Å²) in [7, 11) is 1.49. The monoisotopic (exact) mass is 860 g/mol. The van der Waals surface area contributed by atoms with Crippen LogP contribution in [0.2, 0.25) is 0 Å². The summed E-state index contributed by atoms with van der Waals surface area (Å²) < 4.78 is 12.2. The second kappa shape index (κ2) is 27.0. The Hall–Kier alpha value is -5.17. The average molecular weight is 860 g/mol. The van der Waals surface area contributed by atoms with Crippen LogP contribution in [0.15, 0.2) is 36.4 Å². The Balaban J connectivity index is 2.05. The number of nitriles is 1. The van der Waals surface area contributed by atoms with Gasteiger partial charge in [0.1, 0.15) is 30.8 Å². The molecule has 62 heavy (non-hydrogen) atoms. The maximum Gasteiger partial charge on any atom is 0.226 e. The van der Waals surface area contributed by atoms with E-state index in [4.69, 9.17) is 26.7 Å². The molecule has 1 aliphatic rings. The van der Waals surface area contributed by atoms with E-state index >= 15 is 0 Å². The summed E-state index contributed by atoms with van der Waals surface area (Å²) in [6, 6.07) is 9.35. The Morgan fingerprint density at radius 3 is 2.15 bits per heavy atom. The van der Waals surface area contributed by atoms with Crippen molar-refractivity contribution in [2.45, 2.75) is 129 Å². The molecule has 0 aliphatic carbocycles. The second-order valence-corrected chi connectivity index (χ2v) is 16.3. The van der Waals surface area contributed by atoms with E-state index in [1.54, 1.807) is 44.2 Å². The van der Waals surface area contributed by atoms with Crippen LogP contribution in [-0.4, -0.2) is 92.0 Å². The molecule has 0 spiro atoms. The van der Waals surface area contributed by atoms with Gasteiger partial charge >= 0.3 is 0 Å². The lowest BCUT2D eigenvalue weighted by molar-refractivity contribution is -0.144. The Kier molecular flexibility index (Phi) is 22.3. The number of Topliss-reactive ketones (excluding diaryl/α,β-unsaturated/α-hetero) is 3. The Labute approximate surface area is 367 Å². The van der Waals surface area contributed by atoms with Gasteiger partial charge in [0.2, 0.25) is 17.7 Å². The van der Waals surface area contributed by atoms with Crippen LogP contribution in [0, 0.1) is 23.2 Å². The van der Waals surface area contributed by atoms with Gasteiger partial charge in [-0.25, -0.2) is 0 Å². The normalized spacial score (nSPS) is 17.4. The predicted octanol–water partition coefficient (Wildman–Crippen LogP) is 4.61. The van der Waals surface area contributed by atoms with Gasteiger partial charge in [-0.3, -0.25) is 28.8 Å². The topological polar surface area (TPSA) is 250 Å².